The number of pyridine rings is 1. The number of methoxy groups -OCH3 is 2. The van der Waals surface area contributed by atoms with Crippen LogP contribution in [0.15, 0.2) is 33.7 Å². The van der Waals surface area contributed by atoms with Crippen molar-refractivity contribution in [1.82, 2.24) is 4.98 Å². The summed E-state index contributed by atoms with van der Waals surface area (Å²) in [5, 5.41) is 17.6. The molecule has 0 saturated carbocycles. The van der Waals surface area contributed by atoms with Gasteiger partial charge in [0.15, 0.2) is 11.5 Å². The molecule has 2 aromatic rings. The van der Waals surface area contributed by atoms with Crippen LogP contribution >= 0.6 is 15.9 Å². The molecule has 25 heavy (non-hydrogen) atoms. The van der Waals surface area contributed by atoms with E-state index in [1.165, 1.54) is 20.4 Å². The average molecular weight is 404 g/mol. The third kappa shape index (κ3) is 2.76. The van der Waals surface area contributed by atoms with E-state index in [1.54, 1.807) is 18.2 Å². The molecule has 1 aliphatic heterocycles. The van der Waals surface area contributed by atoms with Gasteiger partial charge in [0.2, 0.25) is 5.90 Å². The minimum atomic E-state index is -0.930. The highest BCUT2D eigenvalue weighted by Crippen LogP contribution is 2.44. The van der Waals surface area contributed by atoms with Crippen molar-refractivity contribution >= 4 is 21.8 Å². The zero-order valence-electron chi connectivity index (χ0n) is 13.4. The third-order valence-electron chi connectivity index (χ3n) is 4.06. The summed E-state index contributed by atoms with van der Waals surface area (Å²) in [5.74, 6) is -0.560. The lowest BCUT2D eigenvalue weighted by atomic mass is 9.79. The number of ether oxygens (including phenoxy) is 3. The van der Waals surface area contributed by atoms with Crippen LogP contribution in [0.2, 0.25) is 0 Å². The molecule has 0 bridgehead atoms. The van der Waals surface area contributed by atoms with Crippen LogP contribution < -0.4 is 19.8 Å². The van der Waals surface area contributed by atoms with E-state index in [-0.39, 0.29) is 17.2 Å². The molecule has 8 heteroatoms. The lowest BCUT2D eigenvalue weighted by molar-refractivity contribution is 0.352. The maximum atomic E-state index is 12.4. The van der Waals surface area contributed by atoms with Crippen molar-refractivity contribution in [1.29, 1.82) is 10.7 Å². The summed E-state index contributed by atoms with van der Waals surface area (Å²) in [4.78, 5) is 15.0. The zero-order valence-corrected chi connectivity index (χ0v) is 15.0. The third-order valence-corrected chi connectivity index (χ3v) is 4.65. The van der Waals surface area contributed by atoms with Gasteiger partial charge in [0.05, 0.1) is 30.3 Å². The molecule has 0 aliphatic carbocycles. The molecule has 2 atom stereocenters. The Morgan fingerprint density at radius 2 is 2.12 bits per heavy atom. The number of aromatic nitrogens is 1. The molecule has 128 valence electrons. The Morgan fingerprint density at radius 3 is 2.76 bits per heavy atom. The number of nitrogens with zero attached hydrogens (tertiary/aromatic N) is 1. The Labute approximate surface area is 151 Å². The predicted octanol–water partition coefficient (Wildman–Crippen LogP) is 2.80. The number of aromatic amines is 1. The summed E-state index contributed by atoms with van der Waals surface area (Å²) in [6, 6.07) is 7.09. The predicted molar refractivity (Wildman–Crippen MR) is 93.6 cm³/mol. The topological polar surface area (TPSA) is 108 Å². The molecule has 0 amide bonds. The van der Waals surface area contributed by atoms with Crippen LogP contribution in [0.25, 0.3) is 0 Å². The summed E-state index contributed by atoms with van der Waals surface area (Å²) in [6.45, 7) is 0. The number of nitriles is 1. The molecule has 0 radical (unpaired) electrons. The first-order valence-corrected chi connectivity index (χ1v) is 8.10. The molecule has 1 aromatic carbocycles. The SMILES string of the molecule is COc1cc(C2c3c(cc[nH]c3=O)OC(=N)C2C#N)cc(Br)c1OC. The van der Waals surface area contributed by atoms with Crippen LogP contribution in [0.5, 0.6) is 17.2 Å². The van der Waals surface area contributed by atoms with Crippen molar-refractivity contribution < 1.29 is 14.2 Å². The van der Waals surface area contributed by atoms with Gasteiger partial charge in [-0.15, -0.1) is 0 Å². The first-order chi connectivity index (χ1) is 12.0. The first-order valence-electron chi connectivity index (χ1n) is 7.30. The Morgan fingerprint density at radius 1 is 1.36 bits per heavy atom. The van der Waals surface area contributed by atoms with Gasteiger partial charge in [0, 0.05) is 12.1 Å². The van der Waals surface area contributed by atoms with E-state index in [2.05, 4.69) is 27.0 Å². The number of nitrogens with one attached hydrogen (secondary N) is 2. The van der Waals surface area contributed by atoms with Gasteiger partial charge >= 0.3 is 0 Å². The van der Waals surface area contributed by atoms with Crippen LogP contribution in [0, 0.1) is 22.7 Å². The number of halogens is 1. The highest BCUT2D eigenvalue weighted by atomic mass is 79.9. The maximum absolute atomic E-state index is 12.4. The minimum Gasteiger partial charge on any atom is -0.493 e. The van der Waals surface area contributed by atoms with Gasteiger partial charge < -0.3 is 19.2 Å². The molecule has 2 N–H and O–H groups in total. The van der Waals surface area contributed by atoms with Crippen LogP contribution in [-0.4, -0.2) is 25.1 Å². The lowest BCUT2D eigenvalue weighted by Gasteiger charge is -2.29. The molecular weight excluding hydrogens is 390 g/mol. The van der Waals surface area contributed by atoms with Gasteiger partial charge in [-0.3, -0.25) is 10.2 Å². The smallest absolute Gasteiger partial charge is 0.255 e. The van der Waals surface area contributed by atoms with Crippen LogP contribution in [-0.2, 0) is 0 Å². The molecule has 0 spiro atoms. The van der Waals surface area contributed by atoms with Gasteiger partial charge in [-0.05, 0) is 39.7 Å². The molecule has 3 rings (SSSR count). The van der Waals surface area contributed by atoms with Crippen molar-refractivity contribution in [3.05, 3.63) is 50.3 Å². The molecular formula is C17H14BrN3O4. The van der Waals surface area contributed by atoms with Crippen LogP contribution in [0.4, 0.5) is 0 Å². The Kier molecular flexibility index (Phi) is 4.51. The molecule has 7 nitrogen and oxygen atoms in total. The Bertz CT molecular complexity index is 948. The van der Waals surface area contributed by atoms with E-state index < -0.39 is 11.8 Å². The second-order valence-corrected chi connectivity index (χ2v) is 6.23. The number of rotatable bonds is 3. The summed E-state index contributed by atoms with van der Waals surface area (Å²) in [5.41, 5.74) is 0.590. The van der Waals surface area contributed by atoms with E-state index in [9.17, 15) is 10.1 Å². The van der Waals surface area contributed by atoms with Crippen molar-refractivity contribution in [3.63, 3.8) is 0 Å². The Balaban J connectivity index is 2.28. The minimum absolute atomic E-state index is 0.198. The van der Waals surface area contributed by atoms with Gasteiger partial charge in [0.25, 0.3) is 5.56 Å². The van der Waals surface area contributed by atoms with E-state index in [4.69, 9.17) is 19.6 Å². The monoisotopic (exact) mass is 403 g/mol. The van der Waals surface area contributed by atoms with Gasteiger partial charge in [-0.1, -0.05) is 0 Å². The second kappa shape index (κ2) is 6.61. The lowest BCUT2D eigenvalue weighted by Crippen LogP contribution is -2.35. The number of benzene rings is 1. The highest BCUT2D eigenvalue weighted by molar-refractivity contribution is 9.10. The highest BCUT2D eigenvalue weighted by Gasteiger charge is 2.39. The normalized spacial score (nSPS) is 18.7. The second-order valence-electron chi connectivity index (χ2n) is 5.37. The molecule has 2 heterocycles. The number of hydrogen-bond donors (Lipinski definition) is 2. The zero-order chi connectivity index (χ0) is 18.1. The van der Waals surface area contributed by atoms with E-state index in [0.717, 1.165) is 0 Å². The summed E-state index contributed by atoms with van der Waals surface area (Å²) in [6.07, 6.45) is 1.45. The van der Waals surface area contributed by atoms with Crippen molar-refractivity contribution in [2.24, 2.45) is 5.92 Å². The van der Waals surface area contributed by atoms with Crippen LogP contribution in [0.3, 0.4) is 0 Å². The molecule has 2 unspecified atom stereocenters. The quantitative estimate of drug-likeness (QED) is 0.818. The summed E-state index contributed by atoms with van der Waals surface area (Å²) < 4.78 is 16.7. The van der Waals surface area contributed by atoms with Crippen LogP contribution in [0.1, 0.15) is 17.0 Å². The molecule has 0 fully saturated rings. The number of fused-ring (bicyclic) bond motifs is 1. The van der Waals surface area contributed by atoms with Crippen molar-refractivity contribution in [2.45, 2.75) is 5.92 Å². The molecule has 1 aromatic heterocycles. The van der Waals surface area contributed by atoms with E-state index in [0.29, 0.717) is 27.1 Å². The number of hydrogen-bond acceptors (Lipinski definition) is 6. The summed E-state index contributed by atoms with van der Waals surface area (Å²) >= 11 is 3.42. The average Bonchev–Trinajstić information content (AvgIpc) is 2.60. The number of H-pyrrole nitrogens is 1. The fourth-order valence-electron chi connectivity index (χ4n) is 2.97. The molecule has 1 aliphatic rings. The van der Waals surface area contributed by atoms with Gasteiger partial charge in [-0.2, -0.15) is 5.26 Å². The van der Waals surface area contributed by atoms with Crippen molar-refractivity contribution in [3.8, 4) is 23.3 Å². The largest absolute Gasteiger partial charge is 0.493 e. The van der Waals surface area contributed by atoms with Gasteiger partial charge in [-0.25, -0.2) is 0 Å². The fourth-order valence-corrected chi connectivity index (χ4v) is 3.59. The van der Waals surface area contributed by atoms with E-state index in [1.807, 2.05) is 0 Å². The van der Waals surface area contributed by atoms with Crippen molar-refractivity contribution in [2.75, 3.05) is 14.2 Å². The first kappa shape index (κ1) is 17.0. The standard InChI is InChI=1S/C17H14BrN3O4/c1-23-12-6-8(5-10(18)15(12)24-2)13-9(7-19)16(20)25-11-3-4-21-17(22)14(11)13/h3-6,9,13,20H,1-2H3,(H,21,22). The molecule has 0 saturated heterocycles. The maximum Gasteiger partial charge on any atom is 0.255 e. The Hall–Kier alpha value is -2.79. The summed E-state index contributed by atoms with van der Waals surface area (Å²) in [7, 11) is 3.02. The van der Waals surface area contributed by atoms with Gasteiger partial charge in [0.1, 0.15) is 11.7 Å². The van der Waals surface area contributed by atoms with E-state index >= 15 is 0 Å². The fraction of sp³-hybridized carbons (Fsp3) is 0.235.